The lowest BCUT2D eigenvalue weighted by atomic mass is 10.6. The van der Waals surface area contributed by atoms with Crippen molar-refractivity contribution in [3.63, 3.8) is 0 Å². The Morgan fingerprint density at radius 1 is 1.29 bits per heavy atom. The quantitative estimate of drug-likeness (QED) is 0.754. The highest BCUT2D eigenvalue weighted by atomic mass is 35.5. The Hall–Kier alpha value is -1.33. The van der Waals surface area contributed by atoms with E-state index in [1.54, 1.807) is 12.3 Å². The molecule has 5 nitrogen and oxygen atoms in total. The van der Waals surface area contributed by atoms with Crippen LogP contribution in [0.2, 0.25) is 10.2 Å². The van der Waals surface area contributed by atoms with Crippen molar-refractivity contribution < 1.29 is 0 Å². The Balaban J connectivity index is 2.51. The van der Waals surface area contributed by atoms with Gasteiger partial charge in [-0.3, -0.25) is 0 Å². The number of hydrogen-bond acceptors (Lipinski definition) is 4. The lowest BCUT2D eigenvalue weighted by Gasteiger charge is -2.00. The number of aromatic nitrogens is 4. The first-order valence-corrected chi connectivity index (χ1v) is 4.41. The molecule has 0 saturated carbocycles. The lowest BCUT2D eigenvalue weighted by molar-refractivity contribution is 0.843. The van der Waals surface area contributed by atoms with Crippen LogP contribution >= 0.6 is 23.2 Å². The maximum atomic E-state index is 5.70. The van der Waals surface area contributed by atoms with Gasteiger partial charge in [0.05, 0.1) is 17.4 Å². The maximum absolute atomic E-state index is 5.70. The van der Waals surface area contributed by atoms with E-state index in [-0.39, 0.29) is 11.1 Å². The third-order valence-corrected chi connectivity index (χ3v) is 1.87. The van der Waals surface area contributed by atoms with Crippen LogP contribution in [0.1, 0.15) is 0 Å². The highest BCUT2D eigenvalue weighted by Crippen LogP contribution is 2.14. The zero-order valence-electron chi connectivity index (χ0n) is 6.85. The van der Waals surface area contributed by atoms with Crippen LogP contribution in [0.25, 0.3) is 5.82 Å². The van der Waals surface area contributed by atoms with E-state index in [2.05, 4.69) is 15.1 Å². The Morgan fingerprint density at radius 2 is 2.07 bits per heavy atom. The third-order valence-electron chi connectivity index (χ3n) is 1.48. The molecule has 0 aromatic carbocycles. The molecule has 14 heavy (non-hydrogen) atoms. The van der Waals surface area contributed by atoms with E-state index in [0.29, 0.717) is 10.8 Å². The van der Waals surface area contributed by atoms with Gasteiger partial charge in [0.1, 0.15) is 5.15 Å². The minimum atomic E-state index is 0.0964. The first-order chi connectivity index (χ1) is 6.65. The highest BCUT2D eigenvalue weighted by molar-refractivity contribution is 6.30. The van der Waals surface area contributed by atoms with Gasteiger partial charge >= 0.3 is 0 Å². The summed E-state index contributed by atoms with van der Waals surface area (Å²) in [5.41, 5.74) is 5.42. The number of anilines is 1. The van der Waals surface area contributed by atoms with Crippen LogP contribution in [-0.4, -0.2) is 19.7 Å². The second-order valence-corrected chi connectivity index (χ2v) is 3.33. The summed E-state index contributed by atoms with van der Waals surface area (Å²) in [6.07, 6.45) is 3.09. The van der Waals surface area contributed by atoms with Crippen molar-refractivity contribution in [2.45, 2.75) is 0 Å². The lowest BCUT2D eigenvalue weighted by Crippen LogP contribution is -2.02. The Labute approximate surface area is 89.5 Å². The van der Waals surface area contributed by atoms with Gasteiger partial charge < -0.3 is 5.73 Å². The van der Waals surface area contributed by atoms with E-state index in [1.807, 2.05) is 0 Å². The normalized spacial score (nSPS) is 10.4. The molecule has 72 valence electrons. The molecule has 0 aliphatic rings. The summed E-state index contributed by atoms with van der Waals surface area (Å²) in [6, 6.07) is 1.54. The van der Waals surface area contributed by atoms with Crippen molar-refractivity contribution in [3.8, 4) is 5.82 Å². The predicted octanol–water partition coefficient (Wildman–Crippen LogP) is 1.55. The predicted molar refractivity (Wildman–Crippen MR) is 53.6 cm³/mol. The van der Waals surface area contributed by atoms with E-state index in [9.17, 15) is 0 Å². The first kappa shape index (κ1) is 9.23. The fourth-order valence-corrected chi connectivity index (χ4v) is 1.29. The van der Waals surface area contributed by atoms with Crippen LogP contribution < -0.4 is 5.73 Å². The summed E-state index contributed by atoms with van der Waals surface area (Å²) >= 11 is 11.4. The van der Waals surface area contributed by atoms with E-state index in [1.165, 1.54) is 10.9 Å². The summed E-state index contributed by atoms with van der Waals surface area (Å²) in [7, 11) is 0. The molecule has 0 spiro atoms. The molecule has 0 bridgehead atoms. The zero-order chi connectivity index (χ0) is 10.1. The molecule has 2 rings (SSSR count). The first-order valence-electron chi connectivity index (χ1n) is 3.66. The van der Waals surface area contributed by atoms with Gasteiger partial charge in [-0.2, -0.15) is 10.1 Å². The number of nitrogens with two attached hydrogens (primary N) is 1. The molecule has 0 radical (unpaired) electrons. The van der Waals surface area contributed by atoms with E-state index in [0.717, 1.165) is 0 Å². The molecule has 2 N–H and O–H groups in total. The Bertz CT molecular complexity index is 447. The topological polar surface area (TPSA) is 69.6 Å². The van der Waals surface area contributed by atoms with Crippen molar-refractivity contribution in [2.75, 3.05) is 5.73 Å². The summed E-state index contributed by atoms with van der Waals surface area (Å²) in [5.74, 6) is 0.577. The van der Waals surface area contributed by atoms with Gasteiger partial charge in [0.2, 0.25) is 5.95 Å². The summed E-state index contributed by atoms with van der Waals surface area (Å²) < 4.78 is 1.46. The number of nitrogen functional groups attached to an aromatic ring is 1. The second-order valence-electron chi connectivity index (χ2n) is 2.51. The van der Waals surface area contributed by atoms with Crippen LogP contribution in [0.5, 0.6) is 0 Å². The van der Waals surface area contributed by atoms with Gasteiger partial charge in [0.15, 0.2) is 5.82 Å². The standard InChI is InChI=1S/C7H5Cl2N5/c8-4-2-11-14(3-4)6-1-5(9)12-7(10)13-6/h1-3H,(H2,10,12,13). The van der Waals surface area contributed by atoms with Crippen LogP contribution in [0.15, 0.2) is 18.5 Å². The monoisotopic (exact) mass is 229 g/mol. The van der Waals surface area contributed by atoms with Gasteiger partial charge in [0.25, 0.3) is 0 Å². The number of hydrogen-bond donors (Lipinski definition) is 1. The summed E-state index contributed by atoms with van der Waals surface area (Å²) in [5, 5.41) is 4.72. The second kappa shape index (κ2) is 3.43. The third kappa shape index (κ3) is 1.78. The molecule has 0 aliphatic carbocycles. The molecular weight excluding hydrogens is 225 g/mol. The fraction of sp³-hybridized carbons (Fsp3) is 0. The van der Waals surface area contributed by atoms with E-state index < -0.39 is 0 Å². The summed E-state index contributed by atoms with van der Waals surface area (Å²) in [4.78, 5) is 7.67. The number of halogens is 2. The smallest absolute Gasteiger partial charge is 0.223 e. The Morgan fingerprint density at radius 3 is 2.64 bits per heavy atom. The van der Waals surface area contributed by atoms with E-state index in [4.69, 9.17) is 28.9 Å². The van der Waals surface area contributed by atoms with Crippen molar-refractivity contribution in [3.05, 3.63) is 28.6 Å². The van der Waals surface area contributed by atoms with Crippen LogP contribution in [0.3, 0.4) is 0 Å². The van der Waals surface area contributed by atoms with Crippen LogP contribution in [-0.2, 0) is 0 Å². The van der Waals surface area contributed by atoms with Crippen molar-refractivity contribution >= 4 is 29.2 Å². The van der Waals surface area contributed by atoms with Crippen molar-refractivity contribution in [2.24, 2.45) is 0 Å². The molecule has 7 heteroatoms. The molecule has 2 heterocycles. The van der Waals surface area contributed by atoms with Gasteiger partial charge in [-0.1, -0.05) is 23.2 Å². The SMILES string of the molecule is Nc1nc(Cl)cc(-n2cc(Cl)cn2)n1. The van der Waals surface area contributed by atoms with Crippen LogP contribution in [0.4, 0.5) is 5.95 Å². The van der Waals surface area contributed by atoms with Crippen LogP contribution in [0, 0.1) is 0 Å². The summed E-state index contributed by atoms with van der Waals surface area (Å²) in [6.45, 7) is 0. The maximum Gasteiger partial charge on any atom is 0.223 e. The minimum Gasteiger partial charge on any atom is -0.368 e. The minimum absolute atomic E-state index is 0.0964. The number of rotatable bonds is 1. The zero-order valence-corrected chi connectivity index (χ0v) is 8.37. The molecule has 0 saturated heterocycles. The largest absolute Gasteiger partial charge is 0.368 e. The molecule has 0 unspecified atom stereocenters. The van der Waals surface area contributed by atoms with Gasteiger partial charge in [-0.25, -0.2) is 9.67 Å². The highest BCUT2D eigenvalue weighted by Gasteiger charge is 2.03. The fourth-order valence-electron chi connectivity index (χ4n) is 0.966. The van der Waals surface area contributed by atoms with E-state index >= 15 is 0 Å². The molecule has 0 amide bonds. The molecule has 0 atom stereocenters. The molecule has 2 aromatic heterocycles. The Kier molecular flexibility index (Phi) is 2.26. The average molecular weight is 230 g/mol. The average Bonchev–Trinajstić information content (AvgIpc) is 2.50. The van der Waals surface area contributed by atoms with Crippen molar-refractivity contribution in [1.82, 2.24) is 19.7 Å². The molecule has 0 aliphatic heterocycles. The van der Waals surface area contributed by atoms with Gasteiger partial charge in [-0.15, -0.1) is 0 Å². The number of nitrogens with zero attached hydrogens (tertiary/aromatic N) is 4. The van der Waals surface area contributed by atoms with Gasteiger partial charge in [0, 0.05) is 6.07 Å². The van der Waals surface area contributed by atoms with Crippen molar-refractivity contribution in [1.29, 1.82) is 0 Å². The molecule has 2 aromatic rings. The molecular formula is C7H5Cl2N5. The molecule has 0 fully saturated rings. The van der Waals surface area contributed by atoms with Gasteiger partial charge in [-0.05, 0) is 0 Å².